The van der Waals surface area contributed by atoms with Crippen LogP contribution in [-0.4, -0.2) is 36.7 Å². The van der Waals surface area contributed by atoms with Crippen molar-refractivity contribution in [1.82, 2.24) is 0 Å². The Morgan fingerprint density at radius 3 is 2.67 bits per heavy atom. The van der Waals surface area contributed by atoms with Crippen LogP contribution in [0.15, 0.2) is 18.2 Å². The van der Waals surface area contributed by atoms with E-state index in [-0.39, 0.29) is 17.1 Å². The molecule has 0 aliphatic heterocycles. The first-order valence-corrected chi connectivity index (χ1v) is 5.44. The molecular formula is C11H13ClN2O4. The molecule has 98 valence electrons. The number of halogens is 1. The van der Waals surface area contributed by atoms with E-state index in [1.165, 1.54) is 25.3 Å². The second kappa shape index (κ2) is 6.34. The Morgan fingerprint density at radius 2 is 2.22 bits per heavy atom. The zero-order valence-electron chi connectivity index (χ0n) is 9.64. The van der Waals surface area contributed by atoms with Crippen LogP contribution in [0.5, 0.6) is 0 Å². The minimum atomic E-state index is -1.13. The molecule has 18 heavy (non-hydrogen) atoms. The number of methoxy groups -OCH3 is 1. The van der Waals surface area contributed by atoms with E-state index in [9.17, 15) is 9.59 Å². The van der Waals surface area contributed by atoms with Crippen LogP contribution in [0.4, 0.5) is 5.69 Å². The number of aromatic carboxylic acids is 1. The number of anilines is 1. The molecule has 0 aliphatic carbocycles. The highest BCUT2D eigenvalue weighted by Gasteiger charge is 2.16. The average molecular weight is 273 g/mol. The van der Waals surface area contributed by atoms with E-state index < -0.39 is 18.0 Å². The Hall–Kier alpha value is -1.63. The van der Waals surface area contributed by atoms with Gasteiger partial charge in [0.2, 0.25) is 0 Å². The van der Waals surface area contributed by atoms with E-state index in [4.69, 9.17) is 27.2 Å². The Morgan fingerprint density at radius 1 is 1.56 bits per heavy atom. The topological polar surface area (TPSA) is 102 Å². The Labute approximate surface area is 109 Å². The van der Waals surface area contributed by atoms with Gasteiger partial charge in [-0.15, -0.1) is 0 Å². The van der Waals surface area contributed by atoms with Crippen molar-refractivity contribution in [2.24, 2.45) is 5.73 Å². The number of nitrogens with one attached hydrogen (secondary N) is 1. The molecule has 1 aromatic carbocycles. The molecule has 1 amide bonds. The fourth-order valence-electron chi connectivity index (χ4n) is 1.30. The summed E-state index contributed by atoms with van der Waals surface area (Å²) in [6, 6.07) is 4.10. The summed E-state index contributed by atoms with van der Waals surface area (Å²) in [5.41, 5.74) is 5.69. The van der Waals surface area contributed by atoms with Crippen molar-refractivity contribution >= 4 is 29.2 Å². The van der Waals surface area contributed by atoms with Gasteiger partial charge in [0.15, 0.2) is 0 Å². The van der Waals surface area contributed by atoms with E-state index in [1.807, 2.05) is 0 Å². The quantitative estimate of drug-likeness (QED) is 0.741. The first kappa shape index (κ1) is 14.4. The number of hydrogen-bond acceptors (Lipinski definition) is 4. The summed E-state index contributed by atoms with van der Waals surface area (Å²) in [7, 11) is 1.37. The number of carbonyl (C=O) groups is 2. The Kier molecular flexibility index (Phi) is 5.08. The second-order valence-electron chi connectivity index (χ2n) is 3.45. The molecule has 0 radical (unpaired) electrons. The fraction of sp³-hybridized carbons (Fsp3) is 0.273. The van der Waals surface area contributed by atoms with Crippen LogP contribution in [0.1, 0.15) is 10.4 Å². The Bertz CT molecular complexity index is 460. The van der Waals surface area contributed by atoms with Gasteiger partial charge in [0, 0.05) is 19.3 Å². The third-order valence-corrected chi connectivity index (χ3v) is 2.57. The van der Waals surface area contributed by atoms with Gasteiger partial charge in [-0.3, -0.25) is 4.79 Å². The highest BCUT2D eigenvalue weighted by molar-refractivity contribution is 6.33. The molecule has 6 nitrogen and oxygen atoms in total. The van der Waals surface area contributed by atoms with Crippen LogP contribution >= 0.6 is 11.6 Å². The molecule has 1 atom stereocenters. The molecule has 0 fully saturated rings. The van der Waals surface area contributed by atoms with Crippen LogP contribution in [-0.2, 0) is 9.53 Å². The molecule has 0 bridgehead atoms. The summed E-state index contributed by atoms with van der Waals surface area (Å²) in [6.45, 7) is 0.0449. The molecular weight excluding hydrogens is 260 g/mol. The predicted octanol–water partition coefficient (Wildman–Crippen LogP) is 0.950. The van der Waals surface area contributed by atoms with E-state index in [0.29, 0.717) is 5.69 Å². The van der Waals surface area contributed by atoms with Gasteiger partial charge in [0.25, 0.3) is 5.91 Å². The summed E-state index contributed by atoms with van der Waals surface area (Å²) in [5, 5.41) is 11.4. The third-order valence-electron chi connectivity index (χ3n) is 2.26. The number of hydrogen-bond donors (Lipinski definition) is 3. The standard InChI is InChI=1S/C11H13ClN2O4/c1-18-9(5-13)10(15)14-6-2-3-7(11(16)17)8(12)4-6/h2-4,9H,5,13H2,1H3,(H,14,15)(H,16,17). The first-order chi connectivity index (χ1) is 8.49. The number of carboxylic acids is 1. The Balaban J connectivity index is 2.83. The molecule has 1 aromatic rings. The molecule has 4 N–H and O–H groups in total. The number of carboxylic acid groups (broad SMARTS) is 1. The lowest BCUT2D eigenvalue weighted by molar-refractivity contribution is -0.125. The third kappa shape index (κ3) is 3.43. The monoisotopic (exact) mass is 272 g/mol. The molecule has 1 unspecified atom stereocenters. The van der Waals surface area contributed by atoms with Gasteiger partial charge in [-0.25, -0.2) is 4.79 Å². The van der Waals surface area contributed by atoms with Gasteiger partial charge in [0.05, 0.1) is 10.6 Å². The van der Waals surface area contributed by atoms with Crippen molar-refractivity contribution < 1.29 is 19.4 Å². The maximum atomic E-state index is 11.6. The highest BCUT2D eigenvalue weighted by Crippen LogP contribution is 2.21. The molecule has 7 heteroatoms. The van der Waals surface area contributed by atoms with E-state index in [2.05, 4.69) is 5.32 Å². The summed E-state index contributed by atoms with van der Waals surface area (Å²) < 4.78 is 4.86. The van der Waals surface area contributed by atoms with Gasteiger partial charge in [0.1, 0.15) is 6.10 Å². The molecule has 0 aromatic heterocycles. The van der Waals surface area contributed by atoms with E-state index in [0.717, 1.165) is 0 Å². The van der Waals surface area contributed by atoms with Crippen LogP contribution < -0.4 is 11.1 Å². The molecule has 0 saturated carbocycles. The summed E-state index contributed by atoms with van der Waals surface area (Å²) in [4.78, 5) is 22.4. The number of ether oxygens (including phenoxy) is 1. The van der Waals surface area contributed by atoms with Crippen molar-refractivity contribution in [3.05, 3.63) is 28.8 Å². The summed E-state index contributed by atoms with van der Waals surface area (Å²) in [6.07, 6.45) is -0.761. The van der Waals surface area contributed by atoms with E-state index in [1.54, 1.807) is 0 Å². The van der Waals surface area contributed by atoms with Gasteiger partial charge < -0.3 is 20.9 Å². The minimum Gasteiger partial charge on any atom is -0.478 e. The number of amides is 1. The van der Waals surface area contributed by atoms with Crippen molar-refractivity contribution in [3.8, 4) is 0 Å². The van der Waals surface area contributed by atoms with Crippen LogP contribution in [0.2, 0.25) is 5.02 Å². The van der Waals surface area contributed by atoms with Gasteiger partial charge in [-0.2, -0.15) is 0 Å². The summed E-state index contributed by atoms with van der Waals surface area (Å²) >= 11 is 5.77. The predicted molar refractivity (Wildman–Crippen MR) is 66.9 cm³/mol. The van der Waals surface area contributed by atoms with Gasteiger partial charge >= 0.3 is 5.97 Å². The van der Waals surface area contributed by atoms with Crippen LogP contribution in [0, 0.1) is 0 Å². The smallest absolute Gasteiger partial charge is 0.337 e. The highest BCUT2D eigenvalue weighted by atomic mass is 35.5. The second-order valence-corrected chi connectivity index (χ2v) is 3.86. The molecule has 1 rings (SSSR count). The van der Waals surface area contributed by atoms with Crippen molar-refractivity contribution in [3.63, 3.8) is 0 Å². The zero-order chi connectivity index (χ0) is 13.7. The fourth-order valence-corrected chi connectivity index (χ4v) is 1.56. The lowest BCUT2D eigenvalue weighted by Gasteiger charge is -2.13. The van der Waals surface area contributed by atoms with Crippen LogP contribution in [0.3, 0.4) is 0 Å². The van der Waals surface area contributed by atoms with Crippen molar-refractivity contribution in [1.29, 1.82) is 0 Å². The van der Waals surface area contributed by atoms with Crippen molar-refractivity contribution in [2.45, 2.75) is 6.10 Å². The van der Waals surface area contributed by atoms with Gasteiger partial charge in [-0.05, 0) is 18.2 Å². The summed E-state index contributed by atoms with van der Waals surface area (Å²) in [5.74, 6) is -1.55. The maximum absolute atomic E-state index is 11.6. The number of rotatable bonds is 5. The van der Waals surface area contributed by atoms with Crippen LogP contribution in [0.25, 0.3) is 0 Å². The van der Waals surface area contributed by atoms with E-state index >= 15 is 0 Å². The first-order valence-electron chi connectivity index (χ1n) is 5.06. The van der Waals surface area contributed by atoms with Gasteiger partial charge in [-0.1, -0.05) is 11.6 Å². The SMILES string of the molecule is COC(CN)C(=O)Nc1ccc(C(=O)O)c(Cl)c1. The zero-order valence-corrected chi connectivity index (χ0v) is 10.4. The molecule has 0 saturated heterocycles. The molecule has 0 heterocycles. The average Bonchev–Trinajstić information content (AvgIpc) is 2.30. The lowest BCUT2D eigenvalue weighted by atomic mass is 10.2. The molecule has 0 aliphatic rings. The lowest BCUT2D eigenvalue weighted by Crippen LogP contribution is -2.35. The maximum Gasteiger partial charge on any atom is 0.337 e. The normalized spacial score (nSPS) is 11.9. The number of carbonyl (C=O) groups excluding carboxylic acids is 1. The molecule has 0 spiro atoms. The minimum absolute atomic E-state index is 0.0308. The van der Waals surface area contributed by atoms with Crippen molar-refractivity contribution in [2.75, 3.05) is 19.0 Å². The number of nitrogens with two attached hydrogens (primary N) is 1. The largest absolute Gasteiger partial charge is 0.478 e. The number of benzene rings is 1.